The van der Waals surface area contributed by atoms with Gasteiger partial charge in [-0.05, 0) is 46.5 Å². The molecule has 0 aliphatic heterocycles. The lowest BCUT2D eigenvalue weighted by atomic mass is 10.1. The van der Waals surface area contributed by atoms with Crippen molar-refractivity contribution in [2.75, 3.05) is 20.7 Å². The molecule has 0 bridgehead atoms. The third kappa shape index (κ3) is 5.11. The Hall–Kier alpha value is -2.01. The number of benzene rings is 1. The summed E-state index contributed by atoms with van der Waals surface area (Å²) in [6, 6.07) is 10.3. The van der Waals surface area contributed by atoms with Crippen LogP contribution in [-0.4, -0.2) is 26.7 Å². The first-order valence-electron chi connectivity index (χ1n) is 6.90. The zero-order chi connectivity index (χ0) is 14.9. The van der Waals surface area contributed by atoms with Crippen LogP contribution < -0.4 is 15.4 Å². The Labute approximate surface area is 129 Å². The topological polar surface area (TPSA) is 45.7 Å². The number of methoxy groups -OCH3 is 1. The Morgan fingerprint density at radius 1 is 1.14 bits per heavy atom. The molecule has 2 rings (SSSR count). The number of nitrogens with zero attached hydrogens (tertiary/aromatic N) is 1. The molecule has 1 heterocycles. The Balaban J connectivity index is 1.72. The van der Waals surface area contributed by atoms with Crippen LogP contribution in [0.25, 0.3) is 0 Å². The zero-order valence-corrected chi connectivity index (χ0v) is 13.2. The van der Waals surface area contributed by atoms with Crippen molar-refractivity contribution in [2.45, 2.75) is 13.0 Å². The van der Waals surface area contributed by atoms with Crippen LogP contribution in [0.4, 0.5) is 0 Å². The van der Waals surface area contributed by atoms with Gasteiger partial charge in [-0.15, -0.1) is 0 Å². The molecule has 0 amide bonds. The first-order valence-corrected chi connectivity index (χ1v) is 7.84. The van der Waals surface area contributed by atoms with Gasteiger partial charge in [0.15, 0.2) is 5.96 Å². The van der Waals surface area contributed by atoms with E-state index in [1.165, 1.54) is 11.1 Å². The quantitative estimate of drug-likeness (QED) is 0.637. The summed E-state index contributed by atoms with van der Waals surface area (Å²) in [6.07, 6.45) is 0.948. The Kier molecular flexibility index (Phi) is 6.09. The fourth-order valence-corrected chi connectivity index (χ4v) is 2.59. The van der Waals surface area contributed by atoms with E-state index in [4.69, 9.17) is 4.74 Å². The number of rotatable bonds is 6. The van der Waals surface area contributed by atoms with Crippen LogP contribution in [0.5, 0.6) is 5.75 Å². The van der Waals surface area contributed by atoms with Crippen LogP contribution in [0.15, 0.2) is 46.1 Å². The van der Waals surface area contributed by atoms with Crippen LogP contribution in [0.1, 0.15) is 11.1 Å². The van der Waals surface area contributed by atoms with E-state index in [1.807, 2.05) is 12.1 Å². The van der Waals surface area contributed by atoms with Gasteiger partial charge in [0.05, 0.1) is 7.11 Å². The molecular weight excluding hydrogens is 282 g/mol. The first-order chi connectivity index (χ1) is 10.3. The summed E-state index contributed by atoms with van der Waals surface area (Å²) in [5.74, 6) is 1.72. The Morgan fingerprint density at radius 2 is 1.95 bits per heavy atom. The highest BCUT2D eigenvalue weighted by molar-refractivity contribution is 7.07. The molecule has 4 nitrogen and oxygen atoms in total. The highest BCUT2D eigenvalue weighted by Gasteiger charge is 1.99. The highest BCUT2D eigenvalue weighted by atomic mass is 32.1. The Morgan fingerprint density at radius 3 is 2.57 bits per heavy atom. The van der Waals surface area contributed by atoms with Gasteiger partial charge in [-0.25, -0.2) is 0 Å². The molecule has 2 aromatic rings. The zero-order valence-electron chi connectivity index (χ0n) is 12.4. The van der Waals surface area contributed by atoms with E-state index < -0.39 is 0 Å². The smallest absolute Gasteiger partial charge is 0.191 e. The van der Waals surface area contributed by atoms with E-state index in [0.29, 0.717) is 0 Å². The molecule has 0 saturated carbocycles. The predicted molar refractivity (Wildman–Crippen MR) is 89.2 cm³/mol. The first kappa shape index (κ1) is 15.4. The monoisotopic (exact) mass is 303 g/mol. The van der Waals surface area contributed by atoms with Crippen molar-refractivity contribution in [1.29, 1.82) is 0 Å². The van der Waals surface area contributed by atoms with Crippen molar-refractivity contribution >= 4 is 17.3 Å². The van der Waals surface area contributed by atoms with Gasteiger partial charge >= 0.3 is 0 Å². The highest BCUT2D eigenvalue weighted by Crippen LogP contribution is 2.11. The predicted octanol–water partition coefficient (Wildman–Crippen LogP) is 2.66. The molecule has 0 unspecified atom stereocenters. The summed E-state index contributed by atoms with van der Waals surface area (Å²) in [5.41, 5.74) is 2.55. The average molecular weight is 303 g/mol. The van der Waals surface area contributed by atoms with Crippen molar-refractivity contribution in [2.24, 2.45) is 4.99 Å². The van der Waals surface area contributed by atoms with E-state index >= 15 is 0 Å². The molecule has 1 aromatic carbocycles. The van der Waals surface area contributed by atoms with Gasteiger partial charge in [-0.3, -0.25) is 4.99 Å². The third-order valence-corrected chi connectivity index (χ3v) is 3.86. The van der Waals surface area contributed by atoms with Crippen molar-refractivity contribution in [3.63, 3.8) is 0 Å². The number of aliphatic imine (C=N–C) groups is 1. The molecule has 0 fully saturated rings. The summed E-state index contributed by atoms with van der Waals surface area (Å²) in [7, 11) is 3.47. The maximum Gasteiger partial charge on any atom is 0.191 e. The molecular formula is C16H21N3OS. The number of thiophene rings is 1. The van der Waals surface area contributed by atoms with Crippen LogP contribution in [0.3, 0.4) is 0 Å². The van der Waals surface area contributed by atoms with Crippen LogP contribution in [-0.2, 0) is 13.0 Å². The van der Waals surface area contributed by atoms with E-state index in [1.54, 1.807) is 25.5 Å². The Bertz CT molecular complexity index is 549. The lowest BCUT2D eigenvalue weighted by molar-refractivity contribution is 0.414. The maximum atomic E-state index is 5.15. The van der Waals surface area contributed by atoms with Gasteiger partial charge in [0.2, 0.25) is 0 Å². The molecule has 0 aliphatic carbocycles. The molecule has 0 saturated heterocycles. The molecule has 0 atom stereocenters. The molecule has 0 aliphatic rings. The summed E-state index contributed by atoms with van der Waals surface area (Å²) in [6.45, 7) is 1.64. The van der Waals surface area contributed by atoms with Crippen molar-refractivity contribution in [3.05, 3.63) is 52.2 Å². The molecule has 1 aromatic heterocycles. The lowest BCUT2D eigenvalue weighted by Gasteiger charge is -2.11. The van der Waals surface area contributed by atoms with Crippen molar-refractivity contribution < 1.29 is 4.74 Å². The molecule has 0 radical (unpaired) electrons. The summed E-state index contributed by atoms with van der Waals surface area (Å²) in [4.78, 5) is 4.22. The van der Waals surface area contributed by atoms with Gasteiger partial charge in [-0.1, -0.05) is 12.1 Å². The van der Waals surface area contributed by atoms with E-state index in [9.17, 15) is 0 Å². The molecule has 21 heavy (non-hydrogen) atoms. The molecule has 2 N–H and O–H groups in total. The van der Waals surface area contributed by atoms with Crippen LogP contribution >= 0.6 is 11.3 Å². The summed E-state index contributed by atoms with van der Waals surface area (Å²) in [5, 5.41) is 10.8. The fraction of sp³-hybridized carbons (Fsp3) is 0.312. The van der Waals surface area contributed by atoms with Gasteiger partial charge in [0, 0.05) is 20.1 Å². The van der Waals surface area contributed by atoms with Crippen LogP contribution in [0.2, 0.25) is 0 Å². The van der Waals surface area contributed by atoms with Crippen molar-refractivity contribution in [3.8, 4) is 5.75 Å². The van der Waals surface area contributed by atoms with Crippen molar-refractivity contribution in [1.82, 2.24) is 10.6 Å². The number of ether oxygens (including phenoxy) is 1. The van der Waals surface area contributed by atoms with Gasteiger partial charge in [0.1, 0.15) is 5.75 Å². The minimum atomic E-state index is 0.797. The third-order valence-electron chi connectivity index (χ3n) is 3.13. The molecule has 0 spiro atoms. The lowest BCUT2D eigenvalue weighted by Crippen LogP contribution is -2.37. The van der Waals surface area contributed by atoms with Crippen LogP contribution in [0, 0.1) is 0 Å². The minimum Gasteiger partial charge on any atom is -0.497 e. The standard InChI is InChI=1S/C16H21N3OS/c1-17-16(19-11-14-8-10-21-12-14)18-9-7-13-3-5-15(20-2)6-4-13/h3-6,8,10,12H,7,9,11H2,1-2H3,(H2,17,18,19). The minimum absolute atomic E-state index is 0.797. The fourth-order valence-electron chi connectivity index (χ4n) is 1.92. The van der Waals surface area contributed by atoms with E-state index in [0.717, 1.165) is 31.2 Å². The van der Waals surface area contributed by atoms with E-state index in [-0.39, 0.29) is 0 Å². The van der Waals surface area contributed by atoms with Gasteiger partial charge in [-0.2, -0.15) is 11.3 Å². The molecule has 5 heteroatoms. The second-order valence-electron chi connectivity index (χ2n) is 4.58. The second-order valence-corrected chi connectivity index (χ2v) is 5.36. The van der Waals surface area contributed by atoms with Gasteiger partial charge < -0.3 is 15.4 Å². The average Bonchev–Trinajstić information content (AvgIpc) is 3.04. The largest absolute Gasteiger partial charge is 0.497 e. The maximum absolute atomic E-state index is 5.15. The number of hydrogen-bond donors (Lipinski definition) is 2. The summed E-state index contributed by atoms with van der Waals surface area (Å²) < 4.78 is 5.15. The van der Waals surface area contributed by atoms with Gasteiger partial charge in [0.25, 0.3) is 0 Å². The molecule has 112 valence electrons. The summed E-state index contributed by atoms with van der Waals surface area (Å²) >= 11 is 1.71. The number of nitrogens with one attached hydrogen (secondary N) is 2. The number of guanidine groups is 1. The second kappa shape index (κ2) is 8.32. The normalized spacial score (nSPS) is 11.2. The van der Waals surface area contributed by atoms with E-state index in [2.05, 4.69) is 44.6 Å². The SMILES string of the molecule is CN=C(NCCc1ccc(OC)cc1)NCc1ccsc1. The number of hydrogen-bond acceptors (Lipinski definition) is 3.